The van der Waals surface area contributed by atoms with Crippen molar-refractivity contribution in [2.75, 3.05) is 11.6 Å². The zero-order chi connectivity index (χ0) is 32.2. The summed E-state index contributed by atoms with van der Waals surface area (Å²) in [6.07, 6.45) is -1.04. The normalized spacial score (nSPS) is 15.5. The lowest BCUT2D eigenvalue weighted by atomic mass is 10.0. The smallest absolute Gasteiger partial charge is 0.408 e. The number of ether oxygens (including phenoxy) is 2. The highest BCUT2D eigenvalue weighted by molar-refractivity contribution is 7.99. The minimum absolute atomic E-state index is 0.0274. The van der Waals surface area contributed by atoms with Gasteiger partial charge in [0.05, 0.1) is 12.0 Å². The van der Waals surface area contributed by atoms with Crippen molar-refractivity contribution in [3.05, 3.63) is 108 Å². The van der Waals surface area contributed by atoms with Crippen molar-refractivity contribution in [1.29, 1.82) is 0 Å². The van der Waals surface area contributed by atoms with Gasteiger partial charge in [-0.25, -0.2) is 9.59 Å². The molecule has 1 aliphatic rings. The maximum Gasteiger partial charge on any atom is 0.408 e. The minimum atomic E-state index is -1.19. The third kappa shape index (κ3) is 9.94. The molecule has 0 radical (unpaired) electrons. The fraction of sp³-hybridized carbons (Fsp3) is 0.324. The van der Waals surface area contributed by atoms with Crippen molar-refractivity contribution >= 4 is 41.4 Å². The van der Waals surface area contributed by atoms with E-state index in [-0.39, 0.29) is 31.1 Å². The van der Waals surface area contributed by atoms with E-state index in [0.29, 0.717) is 0 Å². The van der Waals surface area contributed by atoms with Crippen LogP contribution in [-0.2, 0) is 48.1 Å². The number of amides is 3. The van der Waals surface area contributed by atoms with E-state index in [9.17, 15) is 24.0 Å². The van der Waals surface area contributed by atoms with E-state index >= 15 is 0 Å². The highest BCUT2D eigenvalue weighted by Gasteiger charge is 2.40. The number of nitrogens with one attached hydrogen (secondary N) is 2. The van der Waals surface area contributed by atoms with Crippen LogP contribution in [0.2, 0.25) is 0 Å². The number of carbonyl (C=O) groups excluding carboxylic acids is 5. The Balaban J connectivity index is 1.49. The quantitative estimate of drug-likeness (QED) is 0.216. The summed E-state index contributed by atoms with van der Waals surface area (Å²) in [7, 11) is 0. The van der Waals surface area contributed by atoms with E-state index < -0.39 is 53.9 Å². The van der Waals surface area contributed by atoms with Crippen molar-refractivity contribution in [2.24, 2.45) is 0 Å². The lowest BCUT2D eigenvalue weighted by Gasteiger charge is -2.29. The number of thioether (sulfide) groups is 1. The van der Waals surface area contributed by atoms with E-state index in [2.05, 4.69) is 10.6 Å². The number of nitrogens with zero attached hydrogens (tertiary/aromatic N) is 1. The van der Waals surface area contributed by atoms with Crippen molar-refractivity contribution < 1.29 is 33.4 Å². The lowest BCUT2D eigenvalue weighted by molar-refractivity contribution is -0.158. The summed E-state index contributed by atoms with van der Waals surface area (Å²) in [6, 6.07) is 24.2. The maximum absolute atomic E-state index is 13.9. The predicted molar refractivity (Wildman–Crippen MR) is 170 cm³/mol. The second kappa shape index (κ2) is 16.4. The fourth-order valence-corrected chi connectivity index (χ4v) is 5.94. The van der Waals surface area contributed by atoms with Crippen LogP contribution >= 0.6 is 11.8 Å². The van der Waals surface area contributed by atoms with Crippen LogP contribution in [0, 0.1) is 0 Å². The summed E-state index contributed by atoms with van der Waals surface area (Å²) < 4.78 is 10.5. The molecule has 2 N–H and O–H groups in total. The molecule has 1 saturated heterocycles. The third-order valence-corrected chi connectivity index (χ3v) is 8.03. The average molecular weight is 632 g/mol. The van der Waals surface area contributed by atoms with Gasteiger partial charge in [-0.2, -0.15) is 0 Å². The van der Waals surface area contributed by atoms with Crippen LogP contribution in [0.3, 0.4) is 0 Å². The first-order valence-electron chi connectivity index (χ1n) is 14.7. The molecule has 3 amide bonds. The first-order chi connectivity index (χ1) is 21.7. The van der Waals surface area contributed by atoms with Gasteiger partial charge in [0.1, 0.15) is 24.7 Å². The van der Waals surface area contributed by atoms with Crippen LogP contribution in [0.5, 0.6) is 0 Å². The van der Waals surface area contributed by atoms with E-state index in [1.54, 1.807) is 38.1 Å². The number of hydrogen-bond donors (Lipinski definition) is 2. The summed E-state index contributed by atoms with van der Waals surface area (Å²) in [5, 5.41) is 5.39. The van der Waals surface area contributed by atoms with Gasteiger partial charge in [-0.3, -0.25) is 14.4 Å². The second-order valence-corrected chi connectivity index (χ2v) is 11.8. The molecule has 1 aliphatic heterocycles. The molecule has 3 aromatic carbocycles. The van der Waals surface area contributed by atoms with Crippen LogP contribution in [0.4, 0.5) is 4.79 Å². The molecule has 0 bridgehead atoms. The molecule has 0 unspecified atom stereocenters. The summed E-state index contributed by atoms with van der Waals surface area (Å²) in [5.74, 6) is -2.49. The minimum Gasteiger partial charge on any atom is -0.457 e. The van der Waals surface area contributed by atoms with Gasteiger partial charge in [-0.05, 0) is 30.5 Å². The molecule has 3 aromatic rings. The first kappa shape index (κ1) is 33.3. The van der Waals surface area contributed by atoms with E-state index in [4.69, 9.17) is 9.47 Å². The predicted octanol–water partition coefficient (Wildman–Crippen LogP) is 3.67. The molecule has 1 heterocycles. The molecule has 236 valence electrons. The maximum atomic E-state index is 13.9. The van der Waals surface area contributed by atoms with Gasteiger partial charge < -0.3 is 25.0 Å². The Kier molecular flexibility index (Phi) is 12.1. The van der Waals surface area contributed by atoms with Gasteiger partial charge in [-0.15, -0.1) is 11.8 Å². The fourth-order valence-electron chi connectivity index (χ4n) is 4.78. The largest absolute Gasteiger partial charge is 0.457 e. The topological polar surface area (TPSA) is 131 Å². The van der Waals surface area contributed by atoms with Gasteiger partial charge in [0.15, 0.2) is 0 Å². The highest BCUT2D eigenvalue weighted by atomic mass is 32.2. The number of carbonyl (C=O) groups is 5. The zero-order valence-electron chi connectivity index (χ0n) is 25.2. The number of hydrogen-bond acceptors (Lipinski definition) is 8. The number of ketones is 1. The molecule has 4 rings (SSSR count). The Bertz CT molecular complexity index is 1450. The first-order valence-corrected chi connectivity index (χ1v) is 15.8. The summed E-state index contributed by atoms with van der Waals surface area (Å²) >= 11 is 1.38. The molecule has 1 fully saturated rings. The lowest BCUT2D eigenvalue weighted by Crippen LogP contribution is -2.57. The monoisotopic (exact) mass is 631 g/mol. The van der Waals surface area contributed by atoms with Crippen LogP contribution < -0.4 is 10.6 Å². The highest BCUT2D eigenvalue weighted by Crippen LogP contribution is 2.23. The average Bonchev–Trinajstić information content (AvgIpc) is 3.54. The van der Waals surface area contributed by atoms with Crippen molar-refractivity contribution in [1.82, 2.24) is 15.5 Å². The van der Waals surface area contributed by atoms with E-state index in [1.165, 1.54) is 16.7 Å². The molecule has 0 spiro atoms. The van der Waals surface area contributed by atoms with Crippen molar-refractivity contribution in [3.63, 3.8) is 0 Å². The van der Waals surface area contributed by atoms with Crippen LogP contribution in [0.25, 0.3) is 0 Å². The Morgan fingerprint density at radius 1 is 0.778 bits per heavy atom. The molecule has 0 aromatic heterocycles. The molecule has 11 heteroatoms. The molecular formula is C34H37N3O7S. The second-order valence-electron chi connectivity index (χ2n) is 10.8. The van der Waals surface area contributed by atoms with Gasteiger partial charge in [0.25, 0.3) is 5.78 Å². The number of Topliss-reactive ketones (excluding diaryl/α,β-unsaturated/α-hetero) is 1. The number of rotatable bonds is 13. The third-order valence-electron chi connectivity index (χ3n) is 7.01. The molecule has 45 heavy (non-hydrogen) atoms. The Hall–Kier alpha value is -4.64. The Labute approximate surface area is 266 Å². The van der Waals surface area contributed by atoms with E-state index in [0.717, 1.165) is 16.7 Å². The molecular weight excluding hydrogens is 594 g/mol. The Morgan fingerprint density at radius 2 is 1.31 bits per heavy atom. The van der Waals surface area contributed by atoms with Gasteiger partial charge in [0.2, 0.25) is 11.8 Å². The van der Waals surface area contributed by atoms with Crippen molar-refractivity contribution in [2.45, 2.75) is 57.5 Å². The summed E-state index contributed by atoms with van der Waals surface area (Å²) in [6.45, 7) is 3.29. The molecule has 0 aliphatic carbocycles. The zero-order valence-corrected chi connectivity index (χ0v) is 26.0. The van der Waals surface area contributed by atoms with Crippen LogP contribution in [-0.4, -0.2) is 70.4 Å². The SMILES string of the molecule is CC(C)OC(=O)C(=O)[C@H](Cc1ccccc1)NC(=O)[C@@H]1CSCN1C(=O)[C@H](Cc1ccccc1)NC(=O)OCc1ccccc1. The molecule has 3 atom stereocenters. The van der Waals surface area contributed by atoms with Crippen molar-refractivity contribution in [3.8, 4) is 0 Å². The van der Waals surface area contributed by atoms with Crippen LogP contribution in [0.1, 0.15) is 30.5 Å². The number of benzene rings is 3. The summed E-state index contributed by atoms with van der Waals surface area (Å²) in [4.78, 5) is 67.4. The van der Waals surface area contributed by atoms with Gasteiger partial charge in [-0.1, -0.05) is 91.0 Å². The molecule has 0 saturated carbocycles. The summed E-state index contributed by atoms with van der Waals surface area (Å²) in [5.41, 5.74) is 2.34. The number of esters is 1. The Morgan fingerprint density at radius 3 is 1.87 bits per heavy atom. The number of alkyl carbamates (subject to hydrolysis) is 1. The van der Waals surface area contributed by atoms with Gasteiger partial charge >= 0.3 is 12.1 Å². The van der Waals surface area contributed by atoms with Gasteiger partial charge in [0, 0.05) is 18.6 Å². The van der Waals surface area contributed by atoms with Crippen LogP contribution in [0.15, 0.2) is 91.0 Å². The van der Waals surface area contributed by atoms with E-state index in [1.807, 2.05) is 66.7 Å². The molecule has 10 nitrogen and oxygen atoms in total. The standard InChI is InChI=1S/C34H37N3O7S/c1-23(2)44-33(41)30(38)27(18-24-12-6-3-7-13-24)35-31(39)29-21-45-22-37(29)32(40)28(19-25-14-8-4-9-15-25)36-34(42)43-20-26-16-10-5-11-17-26/h3-17,23,27-29H,18-22H2,1-2H3,(H,35,39)(H,36,42)/t27-,28-,29-/m0/s1.